The van der Waals surface area contributed by atoms with Crippen molar-refractivity contribution in [3.8, 4) is 5.75 Å². The summed E-state index contributed by atoms with van der Waals surface area (Å²) < 4.78 is 5.68. The van der Waals surface area contributed by atoms with Gasteiger partial charge in [-0.2, -0.15) is 0 Å². The molecular weight excluding hydrogens is 410 g/mol. The lowest BCUT2D eigenvalue weighted by Crippen LogP contribution is -2.35. The first-order chi connectivity index (χ1) is 15.2. The van der Waals surface area contributed by atoms with E-state index in [-0.39, 0.29) is 5.75 Å². The number of phenolic OH excluding ortho intramolecular Hbond substituents is 1. The molecule has 1 atom stereocenters. The van der Waals surface area contributed by atoms with E-state index in [4.69, 9.17) is 9.84 Å². The van der Waals surface area contributed by atoms with Crippen LogP contribution in [0, 0.1) is 5.41 Å². The number of rotatable bonds is 6. The number of hydrogen-bond acceptors (Lipinski definition) is 5. The molecule has 0 aliphatic rings. The first-order valence-electron chi connectivity index (χ1n) is 9.89. The third-order valence-corrected chi connectivity index (χ3v) is 5.02. The van der Waals surface area contributed by atoms with Crippen molar-refractivity contribution in [1.82, 2.24) is 5.32 Å². The summed E-state index contributed by atoms with van der Waals surface area (Å²) in [4.78, 5) is 36.1. The monoisotopic (exact) mass is 433 g/mol. The molecule has 3 N–H and O–H groups in total. The average molecular weight is 433 g/mol. The molecule has 3 rings (SSSR count). The number of ether oxygens (including phenoxy) is 1. The van der Waals surface area contributed by atoms with Crippen LogP contribution in [0.3, 0.4) is 0 Å². The minimum Gasteiger partial charge on any atom is -0.507 e. The molecule has 3 aromatic carbocycles. The molecule has 0 fully saturated rings. The zero-order chi connectivity index (χ0) is 23.3. The Morgan fingerprint density at radius 2 is 1.56 bits per heavy atom. The van der Waals surface area contributed by atoms with Gasteiger partial charge in [0, 0.05) is 28.0 Å². The van der Waals surface area contributed by atoms with E-state index in [2.05, 4.69) is 5.32 Å². The molecular formula is C25H23NO6. The molecule has 32 heavy (non-hydrogen) atoms. The van der Waals surface area contributed by atoms with E-state index in [0.29, 0.717) is 21.9 Å². The molecule has 0 aromatic heterocycles. The predicted molar refractivity (Wildman–Crippen MR) is 119 cm³/mol. The number of phenols is 1. The lowest BCUT2D eigenvalue weighted by molar-refractivity contribution is -0.131. The number of aromatic hydroxyl groups is 1. The quantitative estimate of drug-likeness (QED) is 0.481. The van der Waals surface area contributed by atoms with E-state index >= 15 is 0 Å². The van der Waals surface area contributed by atoms with Gasteiger partial charge in [-0.05, 0) is 23.6 Å². The van der Waals surface area contributed by atoms with Crippen LogP contribution in [0.5, 0.6) is 5.75 Å². The first kappa shape index (κ1) is 22.6. The molecule has 0 unspecified atom stereocenters. The van der Waals surface area contributed by atoms with Gasteiger partial charge in [-0.1, -0.05) is 68.5 Å². The van der Waals surface area contributed by atoms with Gasteiger partial charge < -0.3 is 14.9 Å². The summed E-state index contributed by atoms with van der Waals surface area (Å²) in [6.07, 6.45) is 0.463. The van der Waals surface area contributed by atoms with Gasteiger partial charge in [0.25, 0.3) is 5.91 Å². The molecule has 2 amide bonds. The van der Waals surface area contributed by atoms with E-state index < -0.39 is 29.5 Å². The van der Waals surface area contributed by atoms with E-state index in [1.165, 1.54) is 12.1 Å². The van der Waals surface area contributed by atoms with Crippen molar-refractivity contribution in [2.75, 3.05) is 0 Å². The molecule has 0 bridgehead atoms. The van der Waals surface area contributed by atoms with Gasteiger partial charge >= 0.3 is 12.1 Å². The van der Waals surface area contributed by atoms with E-state index in [1.54, 1.807) is 74.5 Å². The fourth-order valence-electron chi connectivity index (χ4n) is 3.42. The van der Waals surface area contributed by atoms with Crippen LogP contribution >= 0.6 is 0 Å². The molecule has 7 nitrogen and oxygen atoms in total. The minimum absolute atomic E-state index is 0.0608. The van der Waals surface area contributed by atoms with Gasteiger partial charge in [-0.15, -0.1) is 0 Å². The summed E-state index contributed by atoms with van der Waals surface area (Å²) in [7, 11) is 0. The highest BCUT2D eigenvalue weighted by molar-refractivity contribution is 6.03. The molecule has 0 saturated carbocycles. The fourth-order valence-corrected chi connectivity index (χ4v) is 3.42. The van der Waals surface area contributed by atoms with Crippen LogP contribution in [0.15, 0.2) is 78.9 Å². The number of carboxylic acid groups (broad SMARTS) is 1. The summed E-state index contributed by atoms with van der Waals surface area (Å²) in [5.41, 5.74) is -0.118. The van der Waals surface area contributed by atoms with Crippen LogP contribution in [-0.2, 0) is 9.53 Å². The maximum absolute atomic E-state index is 12.7. The Hall–Kier alpha value is -4.13. The Labute approximate surface area is 185 Å². The second kappa shape index (κ2) is 9.34. The number of carboxylic acids is 1. The number of carbonyl (C=O) groups excluding carboxylic acids is 2. The van der Waals surface area contributed by atoms with E-state index in [1.807, 2.05) is 0 Å². The van der Waals surface area contributed by atoms with Gasteiger partial charge in [0.15, 0.2) is 0 Å². The average Bonchev–Trinajstić information content (AvgIpc) is 2.77. The summed E-state index contributed by atoms with van der Waals surface area (Å²) >= 11 is 0. The third-order valence-electron chi connectivity index (χ3n) is 5.02. The van der Waals surface area contributed by atoms with Crippen molar-refractivity contribution in [2.45, 2.75) is 20.0 Å². The van der Waals surface area contributed by atoms with Gasteiger partial charge in [-0.25, -0.2) is 9.59 Å². The second-order valence-corrected chi connectivity index (χ2v) is 7.82. The smallest absolute Gasteiger partial charge is 0.414 e. The largest absolute Gasteiger partial charge is 0.507 e. The number of imide groups is 1. The number of alkyl carbamates (subject to hydrolysis) is 1. The SMILES string of the molecule is CC(C)(/C=C/C(=O)O)[C@@H](OC(=O)NC(=O)c1ccccc1)c1ccc(O)c2ccccc12. The molecule has 0 heterocycles. The topological polar surface area (TPSA) is 113 Å². The fraction of sp³-hybridized carbons (Fsp3) is 0.160. The van der Waals surface area contributed by atoms with Crippen molar-refractivity contribution in [1.29, 1.82) is 0 Å². The molecule has 164 valence electrons. The van der Waals surface area contributed by atoms with Gasteiger partial charge in [0.1, 0.15) is 11.9 Å². The Kier molecular flexibility index (Phi) is 6.59. The maximum atomic E-state index is 12.7. The second-order valence-electron chi connectivity index (χ2n) is 7.82. The highest BCUT2D eigenvalue weighted by atomic mass is 16.6. The summed E-state index contributed by atoms with van der Waals surface area (Å²) in [5, 5.41) is 22.7. The van der Waals surface area contributed by atoms with Crippen molar-refractivity contribution in [2.24, 2.45) is 5.41 Å². The molecule has 0 spiro atoms. The van der Waals surface area contributed by atoms with Crippen LogP contribution < -0.4 is 5.32 Å². The molecule has 3 aromatic rings. The lowest BCUT2D eigenvalue weighted by Gasteiger charge is -2.32. The Morgan fingerprint density at radius 1 is 0.938 bits per heavy atom. The van der Waals surface area contributed by atoms with Crippen LogP contribution in [0.2, 0.25) is 0 Å². The number of aliphatic carboxylic acids is 1. The molecule has 0 aliphatic heterocycles. The summed E-state index contributed by atoms with van der Waals surface area (Å²) in [6, 6.07) is 18.4. The molecule has 0 radical (unpaired) electrons. The zero-order valence-electron chi connectivity index (χ0n) is 17.6. The number of carbonyl (C=O) groups is 3. The van der Waals surface area contributed by atoms with Gasteiger partial charge in [-0.3, -0.25) is 10.1 Å². The number of nitrogens with one attached hydrogen (secondary N) is 1. The summed E-state index contributed by atoms with van der Waals surface area (Å²) in [6.45, 7) is 3.43. The number of hydrogen-bond donors (Lipinski definition) is 3. The Bertz CT molecular complexity index is 1180. The first-order valence-corrected chi connectivity index (χ1v) is 9.89. The standard InChI is InChI=1S/C25H23NO6/c1-25(2,15-14-21(28)29)22(19-12-13-20(27)18-11-7-6-10-17(18)19)32-24(31)26-23(30)16-8-4-3-5-9-16/h3-15,22,27H,1-2H3,(H,28,29)(H,26,30,31)/b15-14+/t22-/m0/s1. The predicted octanol–water partition coefficient (Wildman–Crippen LogP) is 4.82. The maximum Gasteiger partial charge on any atom is 0.414 e. The molecule has 0 saturated heterocycles. The van der Waals surface area contributed by atoms with Crippen LogP contribution in [0.1, 0.15) is 35.9 Å². The van der Waals surface area contributed by atoms with Gasteiger partial charge in [0.05, 0.1) is 0 Å². The highest BCUT2D eigenvalue weighted by Gasteiger charge is 2.34. The normalized spacial score (nSPS) is 12.4. The highest BCUT2D eigenvalue weighted by Crippen LogP contribution is 2.42. The Morgan fingerprint density at radius 3 is 2.22 bits per heavy atom. The molecule has 7 heteroatoms. The Balaban J connectivity index is 1.99. The van der Waals surface area contributed by atoms with E-state index in [0.717, 1.165) is 6.08 Å². The van der Waals surface area contributed by atoms with Crippen LogP contribution in [0.4, 0.5) is 4.79 Å². The van der Waals surface area contributed by atoms with E-state index in [9.17, 15) is 19.5 Å². The number of benzene rings is 3. The third kappa shape index (κ3) is 5.13. The minimum atomic E-state index is -1.14. The summed E-state index contributed by atoms with van der Waals surface area (Å²) in [5.74, 6) is -1.70. The van der Waals surface area contributed by atoms with Crippen molar-refractivity contribution < 1.29 is 29.3 Å². The number of amides is 2. The van der Waals surface area contributed by atoms with Crippen LogP contribution in [-0.4, -0.2) is 28.2 Å². The van der Waals surface area contributed by atoms with Crippen molar-refractivity contribution >= 4 is 28.7 Å². The van der Waals surface area contributed by atoms with Crippen molar-refractivity contribution in [3.05, 3.63) is 90.0 Å². The molecule has 0 aliphatic carbocycles. The number of fused-ring (bicyclic) bond motifs is 1. The zero-order valence-corrected chi connectivity index (χ0v) is 17.6. The van der Waals surface area contributed by atoms with Gasteiger partial charge in [0.2, 0.25) is 0 Å². The lowest BCUT2D eigenvalue weighted by atomic mass is 9.80. The van der Waals surface area contributed by atoms with Crippen molar-refractivity contribution in [3.63, 3.8) is 0 Å². The van der Waals surface area contributed by atoms with Crippen LogP contribution in [0.25, 0.3) is 10.8 Å².